The third-order valence-corrected chi connectivity index (χ3v) is 10.0. The van der Waals surface area contributed by atoms with Crippen molar-refractivity contribution in [1.82, 2.24) is 15.1 Å². The molecule has 5 nitrogen and oxygen atoms in total. The van der Waals surface area contributed by atoms with E-state index in [4.69, 9.17) is 69.6 Å². The van der Waals surface area contributed by atoms with Crippen molar-refractivity contribution >= 4 is 81.4 Å². The topological polar surface area (TPSA) is 52.7 Å². The number of hydrogen-bond acceptors (Lipinski definition) is 3. The van der Waals surface area contributed by atoms with Crippen molar-refractivity contribution < 1.29 is 35.9 Å². The molecule has 0 saturated heterocycles. The molecule has 2 amide bonds. The Hall–Kier alpha value is -2.12. The first-order chi connectivity index (χ1) is 22.4. The molecule has 17 heteroatoms. The maximum atomic E-state index is 12.3. The maximum Gasteiger partial charge on any atom is 0.471 e. The Balaban J connectivity index is 0.000000166. The van der Waals surface area contributed by atoms with Gasteiger partial charge >= 0.3 is 24.2 Å². The van der Waals surface area contributed by atoms with E-state index in [1.807, 2.05) is 12.1 Å². The SMILES string of the molecule is Clc1cc2c(cc1Cl)CNCC2.O=C(N1CCc2cc(Cl)c(Cl)cc2C1)C(F)(F)F.O=C(N1CCc2ccc(Cl)c(Cl)c2C1)C(F)(F)F. The number of fused-ring (bicyclic) bond motifs is 3. The molecule has 6 rings (SSSR count). The van der Waals surface area contributed by atoms with Crippen molar-refractivity contribution in [1.29, 1.82) is 0 Å². The summed E-state index contributed by atoms with van der Waals surface area (Å²) < 4.78 is 74.0. The summed E-state index contributed by atoms with van der Waals surface area (Å²) in [4.78, 5) is 23.8. The van der Waals surface area contributed by atoms with E-state index in [1.54, 1.807) is 18.2 Å². The van der Waals surface area contributed by atoms with E-state index < -0.39 is 24.2 Å². The lowest BCUT2D eigenvalue weighted by molar-refractivity contribution is -0.186. The van der Waals surface area contributed by atoms with E-state index in [9.17, 15) is 35.9 Å². The summed E-state index contributed by atoms with van der Waals surface area (Å²) in [5.74, 6) is -3.66. The monoisotopic (exact) mass is 795 g/mol. The zero-order chi connectivity index (χ0) is 35.6. The van der Waals surface area contributed by atoms with Crippen LogP contribution in [-0.4, -0.2) is 53.6 Å². The summed E-state index contributed by atoms with van der Waals surface area (Å²) in [6, 6.07) is 10.4. The van der Waals surface area contributed by atoms with Crippen LogP contribution in [0.3, 0.4) is 0 Å². The van der Waals surface area contributed by atoms with Gasteiger partial charge in [0.1, 0.15) is 0 Å². The molecule has 3 aromatic carbocycles. The molecule has 260 valence electrons. The minimum atomic E-state index is -4.86. The Bertz CT molecular complexity index is 1670. The molecule has 0 atom stereocenters. The van der Waals surface area contributed by atoms with Crippen LogP contribution in [0.4, 0.5) is 26.3 Å². The number of hydrogen-bond donors (Lipinski definition) is 1. The first kappa shape index (κ1) is 38.7. The van der Waals surface area contributed by atoms with Gasteiger partial charge in [-0.1, -0.05) is 75.7 Å². The van der Waals surface area contributed by atoms with Crippen LogP contribution in [0.25, 0.3) is 0 Å². The Morgan fingerprint density at radius 2 is 1.04 bits per heavy atom. The molecule has 0 bridgehead atoms. The number of carbonyl (C=O) groups is 2. The van der Waals surface area contributed by atoms with E-state index >= 15 is 0 Å². The molecule has 0 radical (unpaired) electrons. The Kier molecular flexibility index (Phi) is 12.8. The van der Waals surface area contributed by atoms with Gasteiger partial charge < -0.3 is 15.1 Å². The molecule has 3 aromatic rings. The van der Waals surface area contributed by atoms with Gasteiger partial charge in [-0.05, 0) is 89.5 Å². The second kappa shape index (κ2) is 15.8. The highest BCUT2D eigenvalue weighted by molar-refractivity contribution is 6.43. The summed E-state index contributed by atoms with van der Waals surface area (Å²) in [6.07, 6.45) is -7.97. The van der Waals surface area contributed by atoms with Crippen LogP contribution in [0.15, 0.2) is 36.4 Å². The van der Waals surface area contributed by atoms with Crippen molar-refractivity contribution in [3.05, 3.63) is 99.9 Å². The number of benzene rings is 3. The van der Waals surface area contributed by atoms with E-state index in [0.717, 1.165) is 40.4 Å². The van der Waals surface area contributed by atoms with Gasteiger partial charge in [0.15, 0.2) is 0 Å². The van der Waals surface area contributed by atoms with Crippen LogP contribution in [0.2, 0.25) is 30.1 Å². The Morgan fingerprint density at radius 1 is 0.583 bits per heavy atom. The highest BCUT2D eigenvalue weighted by atomic mass is 35.5. The number of alkyl halides is 6. The number of nitrogens with one attached hydrogen (secondary N) is 1. The van der Waals surface area contributed by atoms with E-state index in [1.165, 1.54) is 17.2 Å². The Labute approximate surface area is 301 Å². The van der Waals surface area contributed by atoms with E-state index in [2.05, 4.69) is 5.32 Å². The van der Waals surface area contributed by atoms with E-state index in [0.29, 0.717) is 39.0 Å². The third-order valence-electron chi connectivity index (χ3n) is 7.74. The molecule has 0 fully saturated rings. The molecule has 0 aliphatic carbocycles. The van der Waals surface area contributed by atoms with Crippen LogP contribution in [-0.2, 0) is 48.5 Å². The summed E-state index contributed by atoms with van der Waals surface area (Å²) in [7, 11) is 0. The van der Waals surface area contributed by atoms with Crippen molar-refractivity contribution in [3.8, 4) is 0 Å². The molecule has 1 N–H and O–H groups in total. The average molecular weight is 798 g/mol. The van der Waals surface area contributed by atoms with Gasteiger partial charge in [0.2, 0.25) is 0 Å². The molecule has 0 saturated carbocycles. The van der Waals surface area contributed by atoms with Crippen LogP contribution < -0.4 is 5.32 Å². The molecular weight excluding hydrogens is 773 g/mol. The minimum Gasteiger partial charge on any atom is -0.330 e. The summed E-state index contributed by atoms with van der Waals surface area (Å²) in [6.45, 7) is 1.75. The predicted molar refractivity (Wildman–Crippen MR) is 175 cm³/mol. The van der Waals surface area contributed by atoms with Crippen LogP contribution in [0.5, 0.6) is 0 Å². The summed E-state index contributed by atoms with van der Waals surface area (Å²) in [5.41, 5.74) is 5.35. The average Bonchev–Trinajstić information content (AvgIpc) is 3.02. The van der Waals surface area contributed by atoms with Gasteiger partial charge in [-0.25, -0.2) is 0 Å². The second-order valence-electron chi connectivity index (χ2n) is 10.9. The highest BCUT2D eigenvalue weighted by Gasteiger charge is 2.44. The zero-order valence-electron chi connectivity index (χ0n) is 24.6. The molecule has 3 heterocycles. The number of amides is 2. The molecule has 48 heavy (non-hydrogen) atoms. The first-order valence-corrected chi connectivity index (χ1v) is 16.5. The van der Waals surface area contributed by atoms with Crippen LogP contribution >= 0.6 is 69.6 Å². The smallest absolute Gasteiger partial charge is 0.330 e. The number of halogens is 12. The Morgan fingerprint density at radius 3 is 1.58 bits per heavy atom. The fourth-order valence-electron chi connectivity index (χ4n) is 5.29. The largest absolute Gasteiger partial charge is 0.471 e. The maximum absolute atomic E-state index is 12.3. The van der Waals surface area contributed by atoms with Gasteiger partial charge in [-0.3, -0.25) is 9.59 Å². The van der Waals surface area contributed by atoms with Crippen molar-refractivity contribution in [2.45, 2.75) is 51.2 Å². The lowest BCUT2D eigenvalue weighted by atomic mass is 9.99. The number of rotatable bonds is 0. The lowest BCUT2D eigenvalue weighted by Gasteiger charge is -2.30. The van der Waals surface area contributed by atoms with Crippen LogP contribution in [0.1, 0.15) is 33.4 Å². The summed E-state index contributed by atoms with van der Waals surface area (Å²) >= 11 is 35.2. The molecule has 0 aromatic heterocycles. The molecule has 0 unspecified atom stereocenters. The van der Waals surface area contributed by atoms with Crippen molar-refractivity contribution in [3.63, 3.8) is 0 Å². The van der Waals surface area contributed by atoms with Crippen molar-refractivity contribution in [2.75, 3.05) is 19.6 Å². The normalized spacial score (nSPS) is 15.6. The zero-order valence-corrected chi connectivity index (χ0v) is 29.1. The summed E-state index contributed by atoms with van der Waals surface area (Å²) in [5, 5.41) is 5.73. The molecular formula is C31H25Cl6F6N3O2. The predicted octanol–water partition coefficient (Wildman–Crippen LogP) is 9.52. The minimum absolute atomic E-state index is 0.0311. The number of nitrogens with zero attached hydrogens (tertiary/aromatic N) is 2. The van der Waals surface area contributed by atoms with E-state index in [-0.39, 0.29) is 41.2 Å². The van der Waals surface area contributed by atoms with Crippen LogP contribution in [0, 0.1) is 0 Å². The van der Waals surface area contributed by atoms with Gasteiger partial charge in [0, 0.05) is 32.7 Å². The lowest BCUT2D eigenvalue weighted by Crippen LogP contribution is -2.43. The first-order valence-electron chi connectivity index (χ1n) is 14.2. The molecule has 3 aliphatic heterocycles. The standard InChI is InChI=1S/2C11H8Cl2F3NO.C9H9Cl2N/c12-8-3-6-1-2-17(10(18)11(14,15)16)5-7(6)4-9(8)13;12-8-2-1-6-3-4-17(5-7(6)9(8)13)10(18)11(14,15)16;10-8-3-6-1-2-12-5-7(6)4-9(8)11/h3-4H,1-2,5H2;1-2H,3-5H2;3-4,12H,1-2,5H2. The van der Waals surface area contributed by atoms with Gasteiger partial charge in [-0.2, -0.15) is 26.3 Å². The number of carbonyl (C=O) groups excluding carboxylic acids is 2. The quantitative estimate of drug-likeness (QED) is 0.231. The fraction of sp³-hybridized carbons (Fsp3) is 0.355. The van der Waals surface area contributed by atoms with Gasteiger partial charge in [0.05, 0.1) is 30.1 Å². The third kappa shape index (κ3) is 9.56. The fourth-order valence-corrected chi connectivity index (χ4v) is 6.46. The van der Waals surface area contributed by atoms with Gasteiger partial charge in [0.25, 0.3) is 0 Å². The molecule has 3 aliphatic rings. The second-order valence-corrected chi connectivity index (χ2v) is 13.4. The van der Waals surface area contributed by atoms with Crippen molar-refractivity contribution in [2.24, 2.45) is 0 Å². The molecule has 0 spiro atoms. The van der Waals surface area contributed by atoms with Gasteiger partial charge in [-0.15, -0.1) is 0 Å². The highest BCUT2D eigenvalue weighted by Crippen LogP contribution is 2.34.